The van der Waals surface area contributed by atoms with Crippen LogP contribution in [0.25, 0.3) is 0 Å². The molecule has 0 saturated heterocycles. The fraction of sp³-hybridized carbons (Fsp3) is 0.0909. The zero-order valence-corrected chi connectivity index (χ0v) is 9.96. The minimum atomic E-state index is -4.06. The van der Waals surface area contributed by atoms with Crippen LogP contribution in [-0.2, 0) is 16.5 Å². The van der Waals surface area contributed by atoms with Gasteiger partial charge in [-0.25, -0.2) is 0 Å². The van der Waals surface area contributed by atoms with E-state index in [1.807, 2.05) is 30.3 Å². The molecule has 1 heterocycles. The molecule has 2 rings (SSSR count). The van der Waals surface area contributed by atoms with Crippen LogP contribution in [-0.4, -0.2) is 13.0 Å². The van der Waals surface area contributed by atoms with Gasteiger partial charge in [-0.15, -0.1) is 11.3 Å². The Morgan fingerprint density at radius 1 is 1.06 bits per heavy atom. The molecule has 1 aromatic carbocycles. The number of benzene rings is 1. The van der Waals surface area contributed by atoms with Crippen molar-refractivity contribution >= 4 is 21.5 Å². The third kappa shape index (κ3) is 2.69. The van der Waals surface area contributed by atoms with Crippen molar-refractivity contribution in [3.05, 3.63) is 52.9 Å². The summed E-state index contributed by atoms with van der Waals surface area (Å²) in [6.07, 6.45) is 0.682. The molecule has 16 heavy (non-hydrogen) atoms. The molecular weight excluding hydrogens is 244 g/mol. The van der Waals surface area contributed by atoms with Crippen LogP contribution in [0.15, 0.2) is 46.7 Å². The molecule has 0 atom stereocenters. The van der Waals surface area contributed by atoms with Crippen LogP contribution in [0, 0.1) is 0 Å². The third-order valence-electron chi connectivity index (χ3n) is 2.11. The van der Waals surface area contributed by atoms with Crippen molar-refractivity contribution < 1.29 is 13.0 Å². The molecule has 0 unspecified atom stereocenters. The maximum absolute atomic E-state index is 10.9. The van der Waals surface area contributed by atoms with Gasteiger partial charge in [-0.3, -0.25) is 4.55 Å². The molecule has 5 heteroatoms. The molecule has 3 nitrogen and oxygen atoms in total. The lowest BCUT2D eigenvalue weighted by molar-refractivity contribution is 0.485. The van der Waals surface area contributed by atoms with E-state index in [-0.39, 0.29) is 4.21 Å². The summed E-state index contributed by atoms with van der Waals surface area (Å²) in [4.78, 5) is 0.916. The van der Waals surface area contributed by atoms with Crippen LogP contribution < -0.4 is 0 Å². The Kier molecular flexibility index (Phi) is 3.09. The first kappa shape index (κ1) is 11.3. The highest BCUT2D eigenvalue weighted by atomic mass is 32.3. The van der Waals surface area contributed by atoms with Gasteiger partial charge >= 0.3 is 10.1 Å². The fourth-order valence-electron chi connectivity index (χ4n) is 1.39. The molecule has 0 aliphatic heterocycles. The Balaban J connectivity index is 2.22. The van der Waals surface area contributed by atoms with E-state index in [1.165, 1.54) is 6.07 Å². The van der Waals surface area contributed by atoms with Gasteiger partial charge in [0.1, 0.15) is 4.21 Å². The number of rotatable bonds is 3. The summed E-state index contributed by atoms with van der Waals surface area (Å²) < 4.78 is 30.6. The number of hydrogen-bond acceptors (Lipinski definition) is 3. The molecule has 84 valence electrons. The van der Waals surface area contributed by atoms with E-state index in [2.05, 4.69) is 0 Å². The van der Waals surface area contributed by atoms with E-state index < -0.39 is 10.1 Å². The van der Waals surface area contributed by atoms with Gasteiger partial charge in [-0.1, -0.05) is 30.3 Å². The fourth-order valence-corrected chi connectivity index (χ4v) is 3.14. The van der Waals surface area contributed by atoms with Gasteiger partial charge < -0.3 is 0 Å². The van der Waals surface area contributed by atoms with E-state index in [4.69, 9.17) is 4.55 Å². The van der Waals surface area contributed by atoms with Gasteiger partial charge in [0, 0.05) is 11.3 Å². The van der Waals surface area contributed by atoms with Gasteiger partial charge in [0.05, 0.1) is 0 Å². The Labute approximate surface area is 98.1 Å². The van der Waals surface area contributed by atoms with Crippen LogP contribution in [0.2, 0.25) is 0 Å². The van der Waals surface area contributed by atoms with E-state index in [1.54, 1.807) is 6.07 Å². The van der Waals surface area contributed by atoms with Crippen molar-refractivity contribution in [1.29, 1.82) is 0 Å². The Morgan fingerprint density at radius 3 is 2.31 bits per heavy atom. The summed E-state index contributed by atoms with van der Waals surface area (Å²) in [6.45, 7) is 0. The standard InChI is InChI=1S/C11H10O3S2/c12-16(13,14)11-7-6-10(15-11)8-9-4-2-1-3-5-9/h1-7H,8H2,(H,12,13,14). The lowest BCUT2D eigenvalue weighted by Gasteiger charge is -1.96. The molecule has 0 saturated carbocycles. The molecule has 0 bridgehead atoms. The third-order valence-corrected chi connectivity index (χ3v) is 4.52. The van der Waals surface area contributed by atoms with Crippen LogP contribution in [0.5, 0.6) is 0 Å². The average molecular weight is 254 g/mol. The van der Waals surface area contributed by atoms with Crippen molar-refractivity contribution in [1.82, 2.24) is 0 Å². The molecule has 1 N–H and O–H groups in total. The van der Waals surface area contributed by atoms with E-state index in [9.17, 15) is 8.42 Å². The zero-order valence-electron chi connectivity index (χ0n) is 8.33. The molecule has 1 aromatic heterocycles. The second kappa shape index (κ2) is 4.37. The molecule has 0 spiro atoms. The maximum atomic E-state index is 10.9. The second-order valence-electron chi connectivity index (χ2n) is 3.36. The van der Waals surface area contributed by atoms with Gasteiger partial charge in [0.15, 0.2) is 0 Å². The second-order valence-corrected chi connectivity index (χ2v) is 6.17. The van der Waals surface area contributed by atoms with Gasteiger partial charge in [-0.05, 0) is 17.7 Å². The van der Waals surface area contributed by atoms with Gasteiger partial charge in [0.25, 0.3) is 0 Å². The van der Waals surface area contributed by atoms with Crippen molar-refractivity contribution in [2.45, 2.75) is 10.6 Å². The number of hydrogen-bond donors (Lipinski definition) is 1. The Morgan fingerprint density at radius 2 is 1.75 bits per heavy atom. The highest BCUT2D eigenvalue weighted by molar-refractivity contribution is 7.88. The Hall–Kier alpha value is -1.17. The molecule has 0 radical (unpaired) electrons. The molecule has 0 amide bonds. The summed E-state index contributed by atoms with van der Waals surface area (Å²) in [7, 11) is -4.06. The van der Waals surface area contributed by atoms with Crippen molar-refractivity contribution in [2.24, 2.45) is 0 Å². The first-order valence-electron chi connectivity index (χ1n) is 4.66. The molecule has 2 aromatic rings. The van der Waals surface area contributed by atoms with Crippen LogP contribution in [0.4, 0.5) is 0 Å². The maximum Gasteiger partial charge on any atom is 0.304 e. The normalized spacial score (nSPS) is 11.6. The van der Waals surface area contributed by atoms with Crippen LogP contribution in [0.3, 0.4) is 0 Å². The predicted molar refractivity (Wildman–Crippen MR) is 63.4 cm³/mol. The first-order valence-corrected chi connectivity index (χ1v) is 6.91. The summed E-state index contributed by atoms with van der Waals surface area (Å²) >= 11 is 1.10. The van der Waals surface area contributed by atoms with E-state index in [0.29, 0.717) is 6.42 Å². The minimum absolute atomic E-state index is 0.00145. The van der Waals surface area contributed by atoms with Crippen molar-refractivity contribution in [2.75, 3.05) is 0 Å². The largest absolute Gasteiger partial charge is 0.304 e. The average Bonchev–Trinajstić information content (AvgIpc) is 2.67. The highest BCUT2D eigenvalue weighted by Gasteiger charge is 2.12. The summed E-state index contributed by atoms with van der Waals surface area (Å²) in [5.74, 6) is 0. The first-order chi connectivity index (χ1) is 7.55. The highest BCUT2D eigenvalue weighted by Crippen LogP contribution is 2.23. The zero-order chi connectivity index (χ0) is 11.6. The van der Waals surface area contributed by atoms with Crippen molar-refractivity contribution in [3.8, 4) is 0 Å². The van der Waals surface area contributed by atoms with E-state index in [0.717, 1.165) is 21.8 Å². The lowest BCUT2D eigenvalue weighted by Crippen LogP contribution is -1.93. The van der Waals surface area contributed by atoms with E-state index >= 15 is 0 Å². The quantitative estimate of drug-likeness (QED) is 0.856. The lowest BCUT2D eigenvalue weighted by atomic mass is 10.1. The van der Waals surface area contributed by atoms with Crippen LogP contribution >= 0.6 is 11.3 Å². The number of thiophene rings is 1. The summed E-state index contributed by atoms with van der Waals surface area (Å²) in [6, 6.07) is 12.9. The predicted octanol–water partition coefficient (Wildman–Crippen LogP) is 2.59. The molecule has 0 fully saturated rings. The molecule has 0 aliphatic rings. The molecule has 0 aliphatic carbocycles. The van der Waals surface area contributed by atoms with Crippen LogP contribution in [0.1, 0.15) is 10.4 Å². The van der Waals surface area contributed by atoms with Gasteiger partial charge in [0.2, 0.25) is 0 Å². The van der Waals surface area contributed by atoms with Crippen molar-refractivity contribution in [3.63, 3.8) is 0 Å². The minimum Gasteiger partial charge on any atom is -0.281 e. The summed E-state index contributed by atoms with van der Waals surface area (Å²) in [5.41, 5.74) is 1.12. The SMILES string of the molecule is O=S(=O)(O)c1ccc(Cc2ccccc2)s1. The monoisotopic (exact) mass is 254 g/mol. The van der Waals surface area contributed by atoms with Gasteiger partial charge in [-0.2, -0.15) is 8.42 Å². The Bertz CT molecular complexity index is 570. The smallest absolute Gasteiger partial charge is 0.281 e. The molecular formula is C11H10O3S2. The topological polar surface area (TPSA) is 54.4 Å². The summed E-state index contributed by atoms with van der Waals surface area (Å²) in [5, 5.41) is 0.